The average molecular weight is 513 g/mol. The third-order valence-electron chi connectivity index (χ3n) is 8.66. The van der Waals surface area contributed by atoms with Gasteiger partial charge in [-0.3, -0.25) is 4.79 Å². The van der Waals surface area contributed by atoms with E-state index in [1.165, 1.54) is 12.0 Å². The number of rotatable bonds is 5. The highest BCUT2D eigenvalue weighted by molar-refractivity contribution is 6.04. The summed E-state index contributed by atoms with van der Waals surface area (Å²) in [6, 6.07) is 8.22. The van der Waals surface area contributed by atoms with Gasteiger partial charge in [0.25, 0.3) is 0 Å². The van der Waals surface area contributed by atoms with E-state index < -0.39 is 5.92 Å². The summed E-state index contributed by atoms with van der Waals surface area (Å²) in [6.07, 6.45) is 14.2. The molecule has 0 saturated heterocycles. The van der Waals surface area contributed by atoms with Gasteiger partial charge >= 0.3 is 5.97 Å². The van der Waals surface area contributed by atoms with Gasteiger partial charge in [0, 0.05) is 41.0 Å². The molecule has 0 amide bonds. The normalized spacial score (nSPS) is 24.5. The van der Waals surface area contributed by atoms with Crippen LogP contribution in [0.1, 0.15) is 76.2 Å². The number of hydrogen-bond acceptors (Lipinski definition) is 5. The molecule has 1 aromatic heterocycles. The number of fused-ring (bicyclic) bond motifs is 1. The van der Waals surface area contributed by atoms with Crippen LogP contribution in [0.2, 0.25) is 0 Å². The number of carbonyl (C=O) groups is 2. The van der Waals surface area contributed by atoms with E-state index in [9.17, 15) is 9.59 Å². The Labute approximate surface area is 223 Å². The number of esters is 1. The molecule has 0 radical (unpaired) electrons. The van der Waals surface area contributed by atoms with Crippen LogP contribution in [0.3, 0.4) is 0 Å². The zero-order valence-electron chi connectivity index (χ0n) is 22.3. The number of benzene rings is 1. The Balaban J connectivity index is 1.41. The number of H-pyrrole nitrogens is 1. The lowest BCUT2D eigenvalue weighted by Gasteiger charge is -2.38. The van der Waals surface area contributed by atoms with Gasteiger partial charge < -0.3 is 19.8 Å². The van der Waals surface area contributed by atoms with E-state index in [1.54, 1.807) is 7.11 Å². The summed E-state index contributed by atoms with van der Waals surface area (Å²) in [4.78, 5) is 31.0. The van der Waals surface area contributed by atoms with Crippen LogP contribution in [-0.4, -0.2) is 30.0 Å². The van der Waals surface area contributed by atoms with Crippen LogP contribution in [0.5, 0.6) is 0 Å². The monoisotopic (exact) mass is 512 g/mol. The SMILES string of the molecule is COC1=C(C2CC(=O)C3=C(C2)NC(C)=C(C(=O)OC2CCCCC2)C3c2ccc3cc[nH]c3c2)CCC=C1. The molecule has 2 N–H and O–H groups in total. The molecule has 1 fully saturated rings. The smallest absolute Gasteiger partial charge is 0.337 e. The van der Waals surface area contributed by atoms with Crippen LogP contribution in [-0.2, 0) is 19.1 Å². The molecule has 1 saturated carbocycles. The van der Waals surface area contributed by atoms with Crippen LogP contribution in [0.4, 0.5) is 0 Å². The molecule has 198 valence electrons. The van der Waals surface area contributed by atoms with Gasteiger partial charge in [0.15, 0.2) is 5.78 Å². The molecule has 3 aliphatic carbocycles. The number of dihydropyridines is 1. The van der Waals surface area contributed by atoms with Gasteiger partial charge in [-0.2, -0.15) is 0 Å². The number of methoxy groups -OCH3 is 1. The van der Waals surface area contributed by atoms with Crippen molar-refractivity contribution in [3.63, 3.8) is 0 Å². The number of nitrogens with one attached hydrogen (secondary N) is 2. The summed E-state index contributed by atoms with van der Waals surface area (Å²) >= 11 is 0. The summed E-state index contributed by atoms with van der Waals surface area (Å²) < 4.78 is 11.7. The molecular weight excluding hydrogens is 476 g/mol. The van der Waals surface area contributed by atoms with E-state index >= 15 is 0 Å². The Kier molecular flexibility index (Phi) is 6.73. The molecule has 2 unspecified atom stereocenters. The van der Waals surface area contributed by atoms with Gasteiger partial charge in [-0.05, 0) is 92.5 Å². The quantitative estimate of drug-likeness (QED) is 0.448. The minimum Gasteiger partial charge on any atom is -0.497 e. The Morgan fingerprint density at radius 1 is 1.08 bits per heavy atom. The molecule has 1 aliphatic heterocycles. The second kappa shape index (κ2) is 10.3. The van der Waals surface area contributed by atoms with Gasteiger partial charge in [-0.25, -0.2) is 4.79 Å². The first-order chi connectivity index (χ1) is 18.5. The van der Waals surface area contributed by atoms with Crippen molar-refractivity contribution < 1.29 is 19.1 Å². The molecule has 38 heavy (non-hydrogen) atoms. The molecule has 6 rings (SSSR count). The number of Topliss-reactive ketones (excluding diaryl/α,β-unsaturated/α-hetero) is 1. The van der Waals surface area contributed by atoms with Crippen molar-refractivity contribution in [3.8, 4) is 0 Å². The molecule has 2 atom stereocenters. The van der Waals surface area contributed by atoms with Crippen LogP contribution in [0, 0.1) is 5.92 Å². The van der Waals surface area contributed by atoms with Gasteiger partial charge in [0.1, 0.15) is 11.9 Å². The fraction of sp³-hybridized carbons (Fsp3) is 0.438. The number of carbonyl (C=O) groups excluding carboxylic acids is 2. The van der Waals surface area contributed by atoms with Gasteiger partial charge in [-0.1, -0.05) is 24.6 Å². The lowest BCUT2D eigenvalue weighted by Crippen LogP contribution is -2.37. The van der Waals surface area contributed by atoms with Gasteiger partial charge in [0.05, 0.1) is 12.7 Å². The molecule has 6 heteroatoms. The van der Waals surface area contributed by atoms with Crippen LogP contribution >= 0.6 is 0 Å². The highest BCUT2D eigenvalue weighted by Crippen LogP contribution is 2.46. The van der Waals surface area contributed by atoms with Crippen molar-refractivity contribution in [1.82, 2.24) is 10.3 Å². The Morgan fingerprint density at radius 2 is 1.92 bits per heavy atom. The van der Waals surface area contributed by atoms with E-state index in [0.717, 1.165) is 78.6 Å². The topological polar surface area (TPSA) is 80.4 Å². The Bertz CT molecular complexity index is 1400. The van der Waals surface area contributed by atoms with Crippen molar-refractivity contribution in [2.24, 2.45) is 5.92 Å². The number of allylic oxidation sites excluding steroid dienone is 6. The van der Waals surface area contributed by atoms with Crippen LogP contribution < -0.4 is 5.32 Å². The first-order valence-corrected chi connectivity index (χ1v) is 14.0. The molecule has 1 aromatic carbocycles. The number of hydrogen-bond donors (Lipinski definition) is 2. The predicted octanol–water partition coefficient (Wildman–Crippen LogP) is 6.49. The number of aromatic nitrogens is 1. The molecule has 2 aromatic rings. The average Bonchev–Trinajstić information content (AvgIpc) is 3.40. The molecular formula is C32H36N2O4. The van der Waals surface area contributed by atoms with E-state index in [1.807, 2.05) is 25.3 Å². The lowest BCUT2D eigenvalue weighted by molar-refractivity contribution is -0.146. The second-order valence-electron chi connectivity index (χ2n) is 11.0. The largest absolute Gasteiger partial charge is 0.497 e. The summed E-state index contributed by atoms with van der Waals surface area (Å²) in [5.74, 6) is 0.302. The van der Waals surface area contributed by atoms with E-state index in [0.29, 0.717) is 17.6 Å². The lowest BCUT2D eigenvalue weighted by atomic mass is 9.70. The Morgan fingerprint density at radius 3 is 2.74 bits per heavy atom. The molecule has 0 bridgehead atoms. The highest BCUT2D eigenvalue weighted by Gasteiger charge is 2.42. The molecule has 4 aliphatic rings. The van der Waals surface area contributed by atoms with Crippen molar-refractivity contribution in [1.29, 1.82) is 0 Å². The van der Waals surface area contributed by atoms with E-state index in [4.69, 9.17) is 9.47 Å². The highest BCUT2D eigenvalue weighted by atomic mass is 16.5. The maximum atomic E-state index is 14.0. The summed E-state index contributed by atoms with van der Waals surface area (Å²) in [5, 5.41) is 4.60. The molecule has 6 nitrogen and oxygen atoms in total. The van der Waals surface area contributed by atoms with Crippen LogP contribution in [0.25, 0.3) is 10.9 Å². The first-order valence-electron chi connectivity index (χ1n) is 14.0. The minimum absolute atomic E-state index is 0.0522. The molecule has 0 spiro atoms. The third kappa shape index (κ3) is 4.50. The predicted molar refractivity (Wildman–Crippen MR) is 147 cm³/mol. The summed E-state index contributed by atoms with van der Waals surface area (Å²) in [5.41, 5.74) is 6.11. The maximum Gasteiger partial charge on any atom is 0.337 e. The minimum atomic E-state index is -0.453. The van der Waals surface area contributed by atoms with Crippen molar-refractivity contribution in [2.45, 2.75) is 76.7 Å². The third-order valence-corrected chi connectivity index (χ3v) is 8.66. The van der Waals surface area contributed by atoms with Gasteiger partial charge in [-0.15, -0.1) is 0 Å². The number of aromatic amines is 1. The van der Waals surface area contributed by atoms with Crippen molar-refractivity contribution >= 4 is 22.7 Å². The first kappa shape index (κ1) is 24.8. The van der Waals surface area contributed by atoms with E-state index in [2.05, 4.69) is 34.6 Å². The number of ether oxygens (including phenoxy) is 2. The summed E-state index contributed by atoms with van der Waals surface area (Å²) in [7, 11) is 1.70. The zero-order chi connectivity index (χ0) is 26.2. The van der Waals surface area contributed by atoms with Gasteiger partial charge in [0.2, 0.25) is 0 Å². The number of ketones is 1. The maximum absolute atomic E-state index is 14.0. The standard InChI is InChI=1S/C32H36N2O4/c1-19-29(32(36)38-23-8-4-3-5-9-23)30(21-13-12-20-14-15-33-25(20)16-21)31-26(34-19)17-22(18-27(31)35)24-10-6-7-11-28(24)37-2/h7,11-16,22-23,30,33-34H,3-6,8-10,17-18H2,1-2H3. The fourth-order valence-electron chi connectivity index (χ4n) is 6.80. The van der Waals surface area contributed by atoms with Crippen molar-refractivity contribution in [2.75, 3.05) is 7.11 Å². The summed E-state index contributed by atoms with van der Waals surface area (Å²) in [6.45, 7) is 1.94. The molecule has 2 heterocycles. The zero-order valence-corrected chi connectivity index (χ0v) is 22.3. The van der Waals surface area contributed by atoms with Crippen LogP contribution in [0.15, 0.2) is 76.5 Å². The Hall–Kier alpha value is -3.54. The second-order valence-corrected chi connectivity index (χ2v) is 11.0. The van der Waals surface area contributed by atoms with Crippen molar-refractivity contribution in [3.05, 3.63) is 82.1 Å². The fourth-order valence-corrected chi connectivity index (χ4v) is 6.80. The van der Waals surface area contributed by atoms with E-state index in [-0.39, 0.29) is 23.8 Å².